The lowest BCUT2D eigenvalue weighted by Gasteiger charge is -2.31. The number of rotatable bonds is 9. The number of fused-ring (bicyclic) bond motifs is 1. The topological polar surface area (TPSA) is 128 Å². The highest BCUT2D eigenvalue weighted by Crippen LogP contribution is 2.34. The van der Waals surface area contributed by atoms with Crippen LogP contribution in [0.2, 0.25) is 25.7 Å². The summed E-state index contributed by atoms with van der Waals surface area (Å²) in [6.45, 7) is 13.4. The van der Waals surface area contributed by atoms with Crippen molar-refractivity contribution in [2.24, 2.45) is 5.73 Å². The van der Waals surface area contributed by atoms with Gasteiger partial charge in [-0.1, -0.05) is 19.6 Å². The molecule has 1 fully saturated rings. The van der Waals surface area contributed by atoms with Gasteiger partial charge in [-0.25, -0.2) is 9.78 Å². The number of aromatic nitrogens is 1. The first kappa shape index (κ1) is 27.9. The van der Waals surface area contributed by atoms with Crippen molar-refractivity contribution in [3.63, 3.8) is 0 Å². The molecule has 1 aromatic heterocycles. The standard InChI is InChI=1S/C24H39N5O6Si/c1-24(2,3)35-23(32)27(10-9-25)17-13-20(30)28(14-17)19-8-7-18-22(26-19)29(21(31)15-34-18)16-33-11-12-36(4,5)6/h7-8,17H,9-16,25H2,1-6H3. The van der Waals surface area contributed by atoms with E-state index in [1.807, 2.05) is 0 Å². The number of pyridine rings is 1. The van der Waals surface area contributed by atoms with E-state index >= 15 is 0 Å². The molecule has 36 heavy (non-hydrogen) atoms. The van der Waals surface area contributed by atoms with Crippen molar-refractivity contribution in [1.82, 2.24) is 9.88 Å². The lowest BCUT2D eigenvalue weighted by atomic mass is 10.2. The first-order valence-electron chi connectivity index (χ1n) is 12.3. The number of hydrogen-bond donors (Lipinski definition) is 1. The summed E-state index contributed by atoms with van der Waals surface area (Å²) in [5.41, 5.74) is 5.07. The van der Waals surface area contributed by atoms with Gasteiger partial charge in [0.15, 0.2) is 18.2 Å². The van der Waals surface area contributed by atoms with Crippen LogP contribution in [0.1, 0.15) is 27.2 Å². The van der Waals surface area contributed by atoms with Crippen molar-refractivity contribution in [2.45, 2.75) is 64.5 Å². The number of nitrogens with zero attached hydrogens (tertiary/aromatic N) is 4. The largest absolute Gasteiger partial charge is 0.480 e. The molecule has 3 rings (SSSR count). The van der Waals surface area contributed by atoms with Crippen LogP contribution in [-0.2, 0) is 19.1 Å². The molecular weight excluding hydrogens is 482 g/mol. The molecule has 1 aromatic rings. The first-order chi connectivity index (χ1) is 16.8. The number of carbonyl (C=O) groups is 3. The second-order valence-corrected chi connectivity index (χ2v) is 16.9. The van der Waals surface area contributed by atoms with Gasteiger partial charge in [0.1, 0.15) is 18.1 Å². The van der Waals surface area contributed by atoms with E-state index in [9.17, 15) is 14.4 Å². The highest BCUT2D eigenvalue weighted by atomic mass is 28.3. The Morgan fingerprint density at radius 3 is 2.61 bits per heavy atom. The highest BCUT2D eigenvalue weighted by molar-refractivity contribution is 6.76. The van der Waals surface area contributed by atoms with E-state index in [1.165, 1.54) is 14.7 Å². The zero-order valence-corrected chi connectivity index (χ0v) is 23.2. The van der Waals surface area contributed by atoms with Gasteiger partial charge in [0.05, 0.1) is 6.04 Å². The Morgan fingerprint density at radius 2 is 1.97 bits per heavy atom. The Balaban J connectivity index is 1.76. The van der Waals surface area contributed by atoms with Crippen LogP contribution in [0.3, 0.4) is 0 Å². The van der Waals surface area contributed by atoms with Gasteiger partial charge in [-0.2, -0.15) is 0 Å². The molecule has 0 aliphatic carbocycles. The van der Waals surface area contributed by atoms with Crippen LogP contribution in [0, 0.1) is 0 Å². The molecule has 0 saturated carbocycles. The molecule has 2 aliphatic rings. The molecule has 0 spiro atoms. The summed E-state index contributed by atoms with van der Waals surface area (Å²) in [5, 5.41) is 0. The zero-order valence-electron chi connectivity index (χ0n) is 22.2. The Bertz CT molecular complexity index is 977. The third-order valence-electron chi connectivity index (χ3n) is 5.77. The molecule has 2 aliphatic heterocycles. The maximum Gasteiger partial charge on any atom is 0.410 e. The van der Waals surface area contributed by atoms with Crippen molar-refractivity contribution in [3.05, 3.63) is 12.1 Å². The average molecular weight is 522 g/mol. The van der Waals surface area contributed by atoms with Crippen molar-refractivity contribution in [1.29, 1.82) is 0 Å². The molecule has 0 bridgehead atoms. The number of ether oxygens (including phenoxy) is 3. The van der Waals surface area contributed by atoms with E-state index in [1.54, 1.807) is 32.9 Å². The van der Waals surface area contributed by atoms with E-state index in [4.69, 9.17) is 19.9 Å². The van der Waals surface area contributed by atoms with Crippen molar-refractivity contribution in [3.8, 4) is 5.75 Å². The molecule has 3 heterocycles. The summed E-state index contributed by atoms with van der Waals surface area (Å²) in [4.78, 5) is 47.4. The lowest BCUT2D eigenvalue weighted by molar-refractivity contribution is -0.122. The normalized spacial score (nSPS) is 18.2. The molecule has 12 heteroatoms. The van der Waals surface area contributed by atoms with Gasteiger partial charge >= 0.3 is 6.09 Å². The molecule has 1 unspecified atom stereocenters. The number of anilines is 2. The summed E-state index contributed by atoms with van der Waals surface area (Å²) in [6.07, 6.45) is -0.386. The Hall–Kier alpha value is -2.70. The fourth-order valence-corrected chi connectivity index (χ4v) is 4.64. The molecule has 11 nitrogen and oxygen atoms in total. The van der Waals surface area contributed by atoms with Gasteiger partial charge < -0.3 is 24.8 Å². The lowest BCUT2D eigenvalue weighted by Crippen LogP contribution is -2.47. The maximum absolute atomic E-state index is 13.0. The van der Waals surface area contributed by atoms with Gasteiger partial charge in [0.2, 0.25) is 5.91 Å². The second-order valence-electron chi connectivity index (χ2n) is 11.3. The number of hydrogen-bond acceptors (Lipinski definition) is 8. The minimum Gasteiger partial charge on any atom is -0.480 e. The minimum absolute atomic E-state index is 0.0651. The summed E-state index contributed by atoms with van der Waals surface area (Å²) in [5.74, 6) is 0.709. The van der Waals surface area contributed by atoms with Crippen LogP contribution >= 0.6 is 0 Å². The zero-order chi connectivity index (χ0) is 26.7. The smallest absolute Gasteiger partial charge is 0.410 e. The highest BCUT2D eigenvalue weighted by Gasteiger charge is 2.39. The maximum atomic E-state index is 13.0. The SMILES string of the molecule is CC(C)(C)OC(=O)N(CCN)C1CC(=O)N(c2ccc3c(n2)N(COCC[Si](C)(C)C)C(=O)CO3)C1. The van der Waals surface area contributed by atoms with Crippen LogP contribution in [0.4, 0.5) is 16.4 Å². The molecule has 200 valence electrons. The van der Waals surface area contributed by atoms with Crippen LogP contribution in [0.25, 0.3) is 0 Å². The number of amides is 3. The number of carbonyl (C=O) groups excluding carboxylic acids is 3. The molecule has 1 saturated heterocycles. The van der Waals surface area contributed by atoms with Crippen LogP contribution < -0.4 is 20.3 Å². The van der Waals surface area contributed by atoms with Crippen molar-refractivity contribution >= 4 is 37.6 Å². The monoisotopic (exact) mass is 521 g/mol. The Kier molecular flexibility index (Phi) is 8.62. The summed E-state index contributed by atoms with van der Waals surface area (Å²) in [7, 11) is -1.27. The molecule has 1 atom stereocenters. The van der Waals surface area contributed by atoms with Crippen LogP contribution in [0.15, 0.2) is 12.1 Å². The minimum atomic E-state index is -1.27. The van der Waals surface area contributed by atoms with Gasteiger partial charge in [-0.3, -0.25) is 19.4 Å². The molecule has 3 amide bonds. The summed E-state index contributed by atoms with van der Waals surface area (Å²) in [6, 6.07) is 3.95. The first-order valence-corrected chi connectivity index (χ1v) is 16.0. The van der Waals surface area contributed by atoms with Gasteiger partial charge in [-0.15, -0.1) is 0 Å². The predicted molar refractivity (Wildman–Crippen MR) is 139 cm³/mol. The van der Waals surface area contributed by atoms with E-state index in [2.05, 4.69) is 24.6 Å². The predicted octanol–water partition coefficient (Wildman–Crippen LogP) is 2.42. The molecule has 2 N–H and O–H groups in total. The summed E-state index contributed by atoms with van der Waals surface area (Å²) >= 11 is 0. The Morgan fingerprint density at radius 1 is 1.25 bits per heavy atom. The quantitative estimate of drug-likeness (QED) is 0.388. The fraction of sp³-hybridized carbons (Fsp3) is 0.667. The van der Waals surface area contributed by atoms with Crippen LogP contribution in [-0.4, -0.2) is 87.1 Å². The number of nitrogens with two attached hydrogens (primary N) is 1. The van der Waals surface area contributed by atoms with Gasteiger partial charge in [0.25, 0.3) is 5.91 Å². The summed E-state index contributed by atoms with van der Waals surface area (Å²) < 4.78 is 16.9. The van der Waals surface area contributed by atoms with Crippen molar-refractivity contribution in [2.75, 3.05) is 49.4 Å². The van der Waals surface area contributed by atoms with Gasteiger partial charge in [-0.05, 0) is 38.9 Å². The molecular formula is C24H39N5O6Si. The second kappa shape index (κ2) is 11.1. The molecule has 0 radical (unpaired) electrons. The molecule has 0 aromatic carbocycles. The van der Waals surface area contributed by atoms with E-state index < -0.39 is 25.8 Å². The third kappa shape index (κ3) is 7.17. The van der Waals surface area contributed by atoms with E-state index in [0.29, 0.717) is 24.0 Å². The van der Waals surface area contributed by atoms with E-state index in [0.717, 1.165) is 6.04 Å². The van der Waals surface area contributed by atoms with Gasteiger partial charge in [0, 0.05) is 40.7 Å². The third-order valence-corrected chi connectivity index (χ3v) is 7.47. The van der Waals surface area contributed by atoms with Crippen LogP contribution in [0.5, 0.6) is 5.75 Å². The average Bonchev–Trinajstić information content (AvgIpc) is 3.15. The van der Waals surface area contributed by atoms with E-state index in [-0.39, 0.29) is 51.2 Å². The Labute approximate surface area is 213 Å². The fourth-order valence-electron chi connectivity index (χ4n) is 3.89. The van der Waals surface area contributed by atoms with Crippen molar-refractivity contribution < 1.29 is 28.6 Å².